The lowest BCUT2D eigenvalue weighted by atomic mass is 10.1. The third-order valence-electron chi connectivity index (χ3n) is 3.04. The predicted octanol–water partition coefficient (Wildman–Crippen LogP) is 0.897. The summed E-state index contributed by atoms with van der Waals surface area (Å²) in [5, 5.41) is 0. The van der Waals surface area contributed by atoms with E-state index >= 15 is 0 Å². The van der Waals surface area contributed by atoms with Crippen molar-refractivity contribution in [2.75, 3.05) is 18.0 Å². The molecule has 0 unspecified atom stereocenters. The van der Waals surface area contributed by atoms with Crippen molar-refractivity contribution in [3.05, 3.63) is 24.3 Å². The average molecular weight is 260 g/mol. The Morgan fingerprint density at radius 3 is 2.47 bits per heavy atom. The topological polar surface area (TPSA) is 106 Å². The van der Waals surface area contributed by atoms with Gasteiger partial charge in [0.15, 0.2) is 5.96 Å². The standard InChI is InChI=1S/C13H20N6/c14-12(15)18-13(16)17-10-5-4-6-11(9-10)19-7-2-1-3-8-19/h4-6,9H,1-3,7-8H2,(H6,14,15,16,17,18). The van der Waals surface area contributed by atoms with Crippen molar-refractivity contribution < 1.29 is 0 Å². The van der Waals surface area contributed by atoms with Gasteiger partial charge < -0.3 is 22.1 Å². The van der Waals surface area contributed by atoms with Gasteiger partial charge in [-0.15, -0.1) is 0 Å². The summed E-state index contributed by atoms with van der Waals surface area (Å²) in [6, 6.07) is 7.93. The minimum absolute atomic E-state index is 0.0656. The molecule has 1 aromatic carbocycles. The molecule has 102 valence electrons. The van der Waals surface area contributed by atoms with E-state index in [9.17, 15) is 0 Å². The van der Waals surface area contributed by atoms with Gasteiger partial charge in [0.2, 0.25) is 5.96 Å². The van der Waals surface area contributed by atoms with E-state index in [4.69, 9.17) is 17.2 Å². The van der Waals surface area contributed by atoms with Crippen LogP contribution in [0.2, 0.25) is 0 Å². The lowest BCUT2D eigenvalue weighted by Gasteiger charge is -2.28. The second-order valence-electron chi connectivity index (χ2n) is 4.57. The number of anilines is 1. The van der Waals surface area contributed by atoms with Gasteiger partial charge in [-0.25, -0.2) is 4.99 Å². The van der Waals surface area contributed by atoms with Crippen molar-refractivity contribution >= 4 is 23.3 Å². The van der Waals surface area contributed by atoms with Gasteiger partial charge in [0, 0.05) is 18.8 Å². The highest BCUT2D eigenvalue weighted by Crippen LogP contribution is 2.24. The first-order valence-electron chi connectivity index (χ1n) is 6.44. The number of guanidine groups is 2. The van der Waals surface area contributed by atoms with Crippen LogP contribution in [0.5, 0.6) is 0 Å². The van der Waals surface area contributed by atoms with E-state index < -0.39 is 0 Å². The average Bonchev–Trinajstić information content (AvgIpc) is 2.39. The highest BCUT2D eigenvalue weighted by Gasteiger charge is 2.10. The molecule has 0 radical (unpaired) electrons. The molecule has 1 aliphatic rings. The van der Waals surface area contributed by atoms with Crippen LogP contribution in [0.1, 0.15) is 19.3 Å². The Hall–Kier alpha value is -2.24. The van der Waals surface area contributed by atoms with E-state index in [0.29, 0.717) is 0 Å². The fourth-order valence-corrected chi connectivity index (χ4v) is 2.20. The lowest BCUT2D eigenvalue weighted by Crippen LogP contribution is -2.29. The van der Waals surface area contributed by atoms with Crippen LogP contribution in [0.4, 0.5) is 11.4 Å². The molecule has 1 aliphatic heterocycles. The van der Waals surface area contributed by atoms with Crippen LogP contribution in [0, 0.1) is 0 Å². The summed E-state index contributed by atoms with van der Waals surface area (Å²) in [7, 11) is 0. The van der Waals surface area contributed by atoms with Crippen LogP contribution < -0.4 is 22.1 Å². The highest BCUT2D eigenvalue weighted by atomic mass is 15.1. The summed E-state index contributed by atoms with van der Waals surface area (Å²) < 4.78 is 0. The minimum atomic E-state index is -0.0894. The van der Waals surface area contributed by atoms with Crippen molar-refractivity contribution in [1.82, 2.24) is 0 Å². The molecule has 0 bridgehead atoms. The lowest BCUT2D eigenvalue weighted by molar-refractivity contribution is 0.578. The first-order valence-corrected chi connectivity index (χ1v) is 6.44. The molecular formula is C13H20N6. The zero-order valence-electron chi connectivity index (χ0n) is 10.9. The van der Waals surface area contributed by atoms with Crippen LogP contribution in [-0.4, -0.2) is 25.0 Å². The van der Waals surface area contributed by atoms with Gasteiger partial charge in [0.05, 0.1) is 5.69 Å². The molecule has 6 nitrogen and oxygen atoms in total. The van der Waals surface area contributed by atoms with Gasteiger partial charge in [-0.3, -0.25) is 0 Å². The summed E-state index contributed by atoms with van der Waals surface area (Å²) >= 11 is 0. The smallest absolute Gasteiger partial charge is 0.223 e. The summed E-state index contributed by atoms with van der Waals surface area (Å²) in [4.78, 5) is 10.2. The molecule has 1 heterocycles. The van der Waals surface area contributed by atoms with Crippen LogP contribution in [0.15, 0.2) is 34.3 Å². The van der Waals surface area contributed by atoms with Crippen LogP contribution in [0.25, 0.3) is 0 Å². The number of nitrogens with two attached hydrogens (primary N) is 3. The van der Waals surface area contributed by atoms with Gasteiger partial charge in [0.25, 0.3) is 0 Å². The molecule has 1 saturated heterocycles. The molecule has 19 heavy (non-hydrogen) atoms. The Balaban J connectivity index is 2.17. The van der Waals surface area contributed by atoms with Gasteiger partial charge in [0.1, 0.15) is 0 Å². The van der Waals surface area contributed by atoms with Crippen LogP contribution >= 0.6 is 0 Å². The van der Waals surface area contributed by atoms with Crippen molar-refractivity contribution in [1.29, 1.82) is 0 Å². The maximum Gasteiger partial charge on any atom is 0.223 e. The van der Waals surface area contributed by atoms with E-state index in [1.54, 1.807) is 0 Å². The third kappa shape index (κ3) is 3.87. The zero-order chi connectivity index (χ0) is 13.7. The Labute approximate surface area is 113 Å². The second kappa shape index (κ2) is 6.08. The van der Waals surface area contributed by atoms with Crippen molar-refractivity contribution in [2.45, 2.75) is 19.3 Å². The SMILES string of the molecule is NC(N)=NC(N)=Nc1cccc(N2CCCCC2)c1. The Bertz CT molecular complexity index is 484. The highest BCUT2D eigenvalue weighted by molar-refractivity contribution is 5.93. The van der Waals surface area contributed by atoms with Gasteiger partial charge >= 0.3 is 0 Å². The van der Waals surface area contributed by atoms with Gasteiger partial charge in [-0.1, -0.05) is 6.07 Å². The molecule has 0 spiro atoms. The number of aliphatic imine (C=N–C) groups is 2. The summed E-state index contributed by atoms with van der Waals surface area (Å²) in [6.45, 7) is 2.19. The first kappa shape index (κ1) is 13.2. The zero-order valence-corrected chi connectivity index (χ0v) is 10.9. The summed E-state index contributed by atoms with van der Waals surface area (Å²) in [6.07, 6.45) is 3.79. The quantitative estimate of drug-likeness (QED) is 0.542. The van der Waals surface area contributed by atoms with Gasteiger partial charge in [-0.2, -0.15) is 4.99 Å². The molecule has 1 aromatic rings. The van der Waals surface area contributed by atoms with Crippen molar-refractivity contribution in [3.63, 3.8) is 0 Å². The Morgan fingerprint density at radius 2 is 1.79 bits per heavy atom. The molecular weight excluding hydrogens is 240 g/mol. The molecule has 0 saturated carbocycles. The number of hydrogen-bond donors (Lipinski definition) is 3. The normalized spacial score (nSPS) is 16.2. The van der Waals surface area contributed by atoms with Crippen LogP contribution in [-0.2, 0) is 0 Å². The third-order valence-corrected chi connectivity index (χ3v) is 3.04. The second-order valence-corrected chi connectivity index (χ2v) is 4.57. The number of benzene rings is 1. The molecule has 0 atom stereocenters. The fraction of sp³-hybridized carbons (Fsp3) is 0.385. The molecule has 0 amide bonds. The molecule has 1 fully saturated rings. The van der Waals surface area contributed by atoms with E-state index in [0.717, 1.165) is 18.8 Å². The minimum Gasteiger partial charge on any atom is -0.371 e. The Kier molecular flexibility index (Phi) is 4.22. The maximum absolute atomic E-state index is 5.62. The Morgan fingerprint density at radius 1 is 1.05 bits per heavy atom. The predicted molar refractivity (Wildman–Crippen MR) is 79.6 cm³/mol. The van der Waals surface area contributed by atoms with Crippen molar-refractivity contribution in [3.8, 4) is 0 Å². The molecule has 6 heteroatoms. The number of piperidine rings is 1. The van der Waals surface area contributed by atoms with Crippen LogP contribution in [0.3, 0.4) is 0 Å². The monoisotopic (exact) mass is 260 g/mol. The first-order chi connectivity index (χ1) is 9.15. The number of rotatable bonds is 2. The van der Waals surface area contributed by atoms with E-state index in [-0.39, 0.29) is 11.9 Å². The molecule has 6 N–H and O–H groups in total. The number of nitrogens with zero attached hydrogens (tertiary/aromatic N) is 3. The molecule has 0 aromatic heterocycles. The molecule has 0 aliphatic carbocycles. The fourth-order valence-electron chi connectivity index (χ4n) is 2.20. The largest absolute Gasteiger partial charge is 0.371 e. The van der Waals surface area contributed by atoms with E-state index in [1.807, 2.05) is 18.2 Å². The van der Waals surface area contributed by atoms with Crippen molar-refractivity contribution in [2.24, 2.45) is 27.2 Å². The van der Waals surface area contributed by atoms with Gasteiger partial charge in [-0.05, 0) is 37.5 Å². The summed E-state index contributed by atoms with van der Waals surface area (Å²) in [5.74, 6) is -0.0239. The molecule has 2 rings (SSSR count). The number of hydrogen-bond acceptors (Lipinski definition) is 2. The van der Waals surface area contributed by atoms with E-state index in [1.165, 1.54) is 24.9 Å². The van der Waals surface area contributed by atoms with E-state index in [2.05, 4.69) is 21.0 Å². The maximum atomic E-state index is 5.62. The summed E-state index contributed by atoms with van der Waals surface area (Å²) in [5.41, 5.74) is 18.0.